The average Bonchev–Trinajstić information content (AvgIpc) is 2.28. The van der Waals surface area contributed by atoms with Crippen LogP contribution >= 0.6 is 0 Å². The van der Waals surface area contributed by atoms with E-state index in [1.54, 1.807) is 0 Å². The summed E-state index contributed by atoms with van der Waals surface area (Å²) in [7, 11) is 0. The van der Waals surface area contributed by atoms with Gasteiger partial charge in [0.2, 0.25) is 0 Å². The first kappa shape index (κ1) is 12.8. The topological polar surface area (TPSA) is 127 Å². The van der Waals surface area contributed by atoms with Crippen LogP contribution < -0.4 is 11.1 Å². The van der Waals surface area contributed by atoms with Crippen molar-refractivity contribution in [3.63, 3.8) is 0 Å². The van der Waals surface area contributed by atoms with Crippen LogP contribution in [-0.2, 0) is 9.53 Å². The van der Waals surface area contributed by atoms with Crippen LogP contribution in [0.2, 0.25) is 0 Å². The molecule has 0 saturated heterocycles. The Kier molecular flexibility index (Phi) is 4.82. The van der Waals surface area contributed by atoms with Gasteiger partial charge in [-0.3, -0.25) is 4.79 Å². The van der Waals surface area contributed by atoms with Crippen molar-refractivity contribution in [1.29, 1.82) is 0 Å². The van der Waals surface area contributed by atoms with E-state index < -0.39 is 11.9 Å². The Labute approximate surface area is 96.8 Å². The molecule has 8 heteroatoms. The fraction of sp³-hybridized carbons (Fsp3) is 0.333. The number of primary amides is 1. The number of hydrogen-bond acceptors (Lipinski definition) is 6. The molecule has 0 saturated carbocycles. The van der Waals surface area contributed by atoms with Crippen LogP contribution in [0.15, 0.2) is 12.4 Å². The van der Waals surface area contributed by atoms with E-state index in [4.69, 9.17) is 15.6 Å². The number of nitrogens with two attached hydrogens (primary N) is 1. The summed E-state index contributed by atoms with van der Waals surface area (Å²) >= 11 is 0. The Morgan fingerprint density at radius 2 is 2.12 bits per heavy atom. The smallest absolute Gasteiger partial charge is 0.329 e. The van der Waals surface area contributed by atoms with Crippen molar-refractivity contribution in [2.45, 2.75) is 0 Å². The maximum absolute atomic E-state index is 11.0. The molecule has 1 heterocycles. The Morgan fingerprint density at radius 1 is 1.41 bits per heavy atom. The number of ether oxygens (including phenoxy) is 1. The summed E-state index contributed by atoms with van der Waals surface area (Å²) in [5.74, 6) is -1.48. The Bertz CT molecular complexity index is 410. The zero-order valence-electron chi connectivity index (χ0n) is 8.92. The molecule has 0 aliphatic carbocycles. The number of nitrogens with one attached hydrogen (secondary N) is 1. The molecule has 1 aromatic rings. The molecule has 1 aromatic heterocycles. The molecule has 0 radical (unpaired) electrons. The fourth-order valence-electron chi connectivity index (χ4n) is 1.05. The summed E-state index contributed by atoms with van der Waals surface area (Å²) in [4.78, 5) is 28.8. The van der Waals surface area contributed by atoms with Crippen molar-refractivity contribution in [2.75, 3.05) is 25.1 Å². The molecular weight excluding hydrogens is 228 g/mol. The SMILES string of the molecule is NC(=O)c1nccnc1NCCOCC(=O)O. The summed E-state index contributed by atoms with van der Waals surface area (Å²) in [6.45, 7) is 0.0954. The van der Waals surface area contributed by atoms with Gasteiger partial charge in [-0.15, -0.1) is 0 Å². The van der Waals surface area contributed by atoms with E-state index in [-0.39, 0.29) is 24.7 Å². The van der Waals surface area contributed by atoms with Crippen LogP contribution in [0.1, 0.15) is 10.5 Å². The fourth-order valence-corrected chi connectivity index (χ4v) is 1.05. The van der Waals surface area contributed by atoms with Gasteiger partial charge in [0.05, 0.1) is 6.61 Å². The predicted octanol–water partition coefficient (Wildman–Crippen LogP) is -0.911. The van der Waals surface area contributed by atoms with E-state index in [0.717, 1.165) is 0 Å². The quantitative estimate of drug-likeness (QED) is 0.526. The van der Waals surface area contributed by atoms with Crippen LogP contribution in [0.5, 0.6) is 0 Å². The summed E-state index contributed by atoms with van der Waals surface area (Å²) in [5.41, 5.74) is 5.13. The van der Waals surface area contributed by atoms with Crippen LogP contribution in [-0.4, -0.2) is 46.7 Å². The number of aromatic nitrogens is 2. The van der Waals surface area contributed by atoms with E-state index in [9.17, 15) is 9.59 Å². The number of amides is 1. The Morgan fingerprint density at radius 3 is 2.76 bits per heavy atom. The highest BCUT2D eigenvalue weighted by Gasteiger charge is 2.09. The lowest BCUT2D eigenvalue weighted by Gasteiger charge is -2.07. The van der Waals surface area contributed by atoms with E-state index in [1.807, 2.05) is 0 Å². The normalized spacial score (nSPS) is 9.88. The van der Waals surface area contributed by atoms with Crippen molar-refractivity contribution in [1.82, 2.24) is 9.97 Å². The predicted molar refractivity (Wildman–Crippen MR) is 57.5 cm³/mol. The van der Waals surface area contributed by atoms with Crippen molar-refractivity contribution in [3.05, 3.63) is 18.1 Å². The number of anilines is 1. The Balaban J connectivity index is 2.41. The highest BCUT2D eigenvalue weighted by molar-refractivity contribution is 5.95. The van der Waals surface area contributed by atoms with Gasteiger partial charge in [-0.1, -0.05) is 0 Å². The zero-order chi connectivity index (χ0) is 12.7. The number of carboxylic acids is 1. The summed E-state index contributed by atoms with van der Waals surface area (Å²) in [6.07, 6.45) is 2.76. The third kappa shape index (κ3) is 4.43. The van der Waals surface area contributed by atoms with Gasteiger partial charge in [-0.25, -0.2) is 14.8 Å². The number of nitrogens with zero attached hydrogens (tertiary/aromatic N) is 2. The van der Waals surface area contributed by atoms with Crippen molar-refractivity contribution in [3.8, 4) is 0 Å². The largest absolute Gasteiger partial charge is 0.480 e. The molecule has 0 atom stereocenters. The monoisotopic (exact) mass is 240 g/mol. The van der Waals surface area contributed by atoms with E-state index >= 15 is 0 Å². The molecule has 0 fully saturated rings. The number of rotatable bonds is 7. The lowest BCUT2D eigenvalue weighted by Crippen LogP contribution is -2.20. The second kappa shape index (κ2) is 6.38. The number of carboxylic acid groups (broad SMARTS) is 1. The molecule has 8 nitrogen and oxygen atoms in total. The molecule has 4 N–H and O–H groups in total. The minimum Gasteiger partial charge on any atom is -0.480 e. The van der Waals surface area contributed by atoms with Crippen molar-refractivity contribution in [2.24, 2.45) is 5.73 Å². The van der Waals surface area contributed by atoms with Gasteiger partial charge in [-0.2, -0.15) is 0 Å². The number of hydrogen-bond donors (Lipinski definition) is 3. The van der Waals surface area contributed by atoms with Crippen LogP contribution in [0.3, 0.4) is 0 Å². The average molecular weight is 240 g/mol. The summed E-state index contributed by atoms with van der Waals surface area (Å²) in [6, 6.07) is 0. The number of aliphatic carboxylic acids is 1. The van der Waals surface area contributed by atoms with E-state index in [0.29, 0.717) is 6.54 Å². The van der Waals surface area contributed by atoms with Crippen LogP contribution in [0.4, 0.5) is 5.82 Å². The first-order valence-electron chi connectivity index (χ1n) is 4.75. The van der Waals surface area contributed by atoms with Gasteiger partial charge in [0.15, 0.2) is 11.5 Å². The first-order chi connectivity index (χ1) is 8.11. The minimum atomic E-state index is -1.04. The number of carbonyl (C=O) groups is 2. The highest BCUT2D eigenvalue weighted by Crippen LogP contribution is 2.06. The molecule has 17 heavy (non-hydrogen) atoms. The Hall–Kier alpha value is -2.22. The van der Waals surface area contributed by atoms with E-state index in [1.165, 1.54) is 12.4 Å². The molecule has 0 bridgehead atoms. The third-order valence-corrected chi connectivity index (χ3v) is 1.70. The molecule has 0 aromatic carbocycles. The molecule has 0 aliphatic heterocycles. The summed E-state index contributed by atoms with van der Waals surface area (Å²) < 4.78 is 4.79. The zero-order valence-corrected chi connectivity index (χ0v) is 8.92. The number of carbonyl (C=O) groups excluding carboxylic acids is 1. The lowest BCUT2D eigenvalue weighted by molar-refractivity contribution is -0.142. The lowest BCUT2D eigenvalue weighted by atomic mass is 10.4. The van der Waals surface area contributed by atoms with Gasteiger partial charge in [0, 0.05) is 18.9 Å². The molecule has 0 spiro atoms. The second-order valence-electron chi connectivity index (χ2n) is 2.99. The molecular formula is C9H12N4O4. The standard InChI is InChI=1S/C9H12N4O4/c10-8(16)7-9(12-2-1-11-7)13-3-4-17-5-6(14)15/h1-2H,3-5H2,(H2,10,16)(H,12,13)(H,14,15). The molecule has 0 unspecified atom stereocenters. The van der Waals surface area contributed by atoms with E-state index in [2.05, 4.69) is 15.3 Å². The van der Waals surface area contributed by atoms with Gasteiger partial charge in [-0.05, 0) is 0 Å². The molecule has 0 aliphatic rings. The molecule has 92 valence electrons. The van der Waals surface area contributed by atoms with Crippen LogP contribution in [0.25, 0.3) is 0 Å². The van der Waals surface area contributed by atoms with Crippen molar-refractivity contribution < 1.29 is 19.4 Å². The van der Waals surface area contributed by atoms with Gasteiger partial charge < -0.3 is 20.9 Å². The van der Waals surface area contributed by atoms with Crippen LogP contribution in [0, 0.1) is 0 Å². The van der Waals surface area contributed by atoms with Gasteiger partial charge in [0.1, 0.15) is 6.61 Å². The van der Waals surface area contributed by atoms with Gasteiger partial charge >= 0.3 is 5.97 Å². The first-order valence-corrected chi connectivity index (χ1v) is 4.75. The van der Waals surface area contributed by atoms with Gasteiger partial charge in [0.25, 0.3) is 5.91 Å². The maximum Gasteiger partial charge on any atom is 0.329 e. The second-order valence-corrected chi connectivity index (χ2v) is 2.99. The highest BCUT2D eigenvalue weighted by atomic mass is 16.5. The molecule has 1 rings (SSSR count). The molecule has 1 amide bonds. The van der Waals surface area contributed by atoms with Crippen molar-refractivity contribution >= 4 is 17.7 Å². The summed E-state index contributed by atoms with van der Waals surface area (Å²) in [5, 5.41) is 11.1. The minimum absolute atomic E-state index is 0.0331. The maximum atomic E-state index is 11.0. The third-order valence-electron chi connectivity index (χ3n) is 1.70.